The standard InChI is InChI=1S/C18H13Cl2F3N4S/c19-13-7-4-8-14(16(13)20)25-17(28)24-10-12-9-15(18(21,22)23)26-27(12)11-5-2-1-3-6-11/h1-9H,10H2,(H2,24,25,28). The lowest BCUT2D eigenvalue weighted by Crippen LogP contribution is -2.28. The van der Waals surface area contributed by atoms with Crippen molar-refractivity contribution in [3.05, 3.63) is 76.0 Å². The second-order valence-corrected chi connectivity index (χ2v) is 6.87. The van der Waals surface area contributed by atoms with Gasteiger partial charge in [0.2, 0.25) is 0 Å². The first-order chi connectivity index (χ1) is 13.3. The van der Waals surface area contributed by atoms with E-state index in [1.54, 1.807) is 48.5 Å². The first-order valence-corrected chi connectivity index (χ1v) is 9.12. The molecule has 0 spiro atoms. The maximum absolute atomic E-state index is 13.1. The minimum atomic E-state index is -4.55. The van der Waals surface area contributed by atoms with Crippen LogP contribution in [0.25, 0.3) is 5.69 Å². The van der Waals surface area contributed by atoms with Crippen molar-refractivity contribution in [1.82, 2.24) is 15.1 Å². The molecule has 3 aromatic rings. The van der Waals surface area contributed by atoms with Gasteiger partial charge in [0.15, 0.2) is 10.8 Å². The molecule has 4 nitrogen and oxygen atoms in total. The van der Waals surface area contributed by atoms with Crippen LogP contribution in [0.2, 0.25) is 10.0 Å². The van der Waals surface area contributed by atoms with E-state index in [2.05, 4.69) is 15.7 Å². The first-order valence-electron chi connectivity index (χ1n) is 7.96. The smallest absolute Gasteiger partial charge is 0.357 e. The van der Waals surface area contributed by atoms with Gasteiger partial charge >= 0.3 is 6.18 Å². The highest BCUT2D eigenvalue weighted by atomic mass is 35.5. The maximum atomic E-state index is 13.1. The molecule has 3 rings (SSSR count). The molecule has 0 aliphatic carbocycles. The van der Waals surface area contributed by atoms with Crippen LogP contribution in [-0.4, -0.2) is 14.9 Å². The van der Waals surface area contributed by atoms with Gasteiger partial charge in [0, 0.05) is 0 Å². The predicted octanol–water partition coefficient (Wildman–Crippen LogP) is 5.68. The minimum Gasteiger partial charge on any atom is -0.357 e. The zero-order valence-corrected chi connectivity index (χ0v) is 16.4. The Kier molecular flexibility index (Phi) is 6.12. The summed E-state index contributed by atoms with van der Waals surface area (Å²) in [5.74, 6) is 0. The summed E-state index contributed by atoms with van der Waals surface area (Å²) in [4.78, 5) is 0. The van der Waals surface area contributed by atoms with E-state index >= 15 is 0 Å². The van der Waals surface area contributed by atoms with E-state index in [1.165, 1.54) is 4.68 Å². The lowest BCUT2D eigenvalue weighted by molar-refractivity contribution is -0.141. The molecule has 0 atom stereocenters. The lowest BCUT2D eigenvalue weighted by atomic mass is 10.3. The van der Waals surface area contributed by atoms with Gasteiger partial charge in [0.1, 0.15) is 0 Å². The van der Waals surface area contributed by atoms with E-state index in [-0.39, 0.29) is 11.7 Å². The number of rotatable bonds is 4. The van der Waals surface area contributed by atoms with Gasteiger partial charge in [-0.25, -0.2) is 4.68 Å². The van der Waals surface area contributed by atoms with Crippen molar-refractivity contribution in [2.75, 3.05) is 5.32 Å². The molecule has 0 fully saturated rings. The average molecular weight is 445 g/mol. The zero-order chi connectivity index (χ0) is 20.3. The molecule has 2 N–H and O–H groups in total. The number of thiocarbonyl (C=S) groups is 1. The van der Waals surface area contributed by atoms with Gasteiger partial charge in [-0.1, -0.05) is 47.5 Å². The molecule has 28 heavy (non-hydrogen) atoms. The fourth-order valence-corrected chi connectivity index (χ4v) is 2.94. The molecule has 2 aromatic carbocycles. The Balaban J connectivity index is 1.79. The molecular weight excluding hydrogens is 432 g/mol. The molecule has 0 aliphatic heterocycles. The predicted molar refractivity (Wildman–Crippen MR) is 108 cm³/mol. The maximum Gasteiger partial charge on any atom is 0.435 e. The number of hydrogen-bond donors (Lipinski definition) is 2. The second-order valence-electron chi connectivity index (χ2n) is 5.68. The molecule has 0 amide bonds. The van der Waals surface area contributed by atoms with Gasteiger partial charge in [0.05, 0.1) is 33.7 Å². The van der Waals surface area contributed by atoms with Crippen LogP contribution in [0.4, 0.5) is 18.9 Å². The number of nitrogens with zero attached hydrogens (tertiary/aromatic N) is 2. The molecule has 0 radical (unpaired) electrons. The Bertz CT molecular complexity index is 990. The summed E-state index contributed by atoms with van der Waals surface area (Å²) in [5, 5.41) is 10.2. The van der Waals surface area contributed by atoms with E-state index in [1.807, 2.05) is 0 Å². The van der Waals surface area contributed by atoms with E-state index < -0.39 is 11.9 Å². The Morgan fingerprint density at radius 1 is 1.07 bits per heavy atom. The van der Waals surface area contributed by atoms with Gasteiger partial charge in [0.25, 0.3) is 0 Å². The monoisotopic (exact) mass is 444 g/mol. The largest absolute Gasteiger partial charge is 0.435 e. The number of para-hydroxylation sites is 1. The van der Waals surface area contributed by atoms with Crippen molar-refractivity contribution < 1.29 is 13.2 Å². The summed E-state index contributed by atoms with van der Waals surface area (Å²) in [6.07, 6.45) is -4.55. The first kappa shape index (κ1) is 20.4. The highest BCUT2D eigenvalue weighted by Crippen LogP contribution is 2.30. The van der Waals surface area contributed by atoms with Crippen LogP contribution in [0.3, 0.4) is 0 Å². The molecule has 1 heterocycles. The van der Waals surface area contributed by atoms with Crippen LogP contribution in [0.5, 0.6) is 0 Å². The van der Waals surface area contributed by atoms with Gasteiger partial charge in [-0.3, -0.25) is 0 Å². The lowest BCUT2D eigenvalue weighted by Gasteiger charge is -2.13. The van der Waals surface area contributed by atoms with Crippen molar-refractivity contribution in [3.63, 3.8) is 0 Å². The molecule has 0 unspecified atom stereocenters. The molecule has 0 aliphatic rings. The second kappa shape index (κ2) is 8.38. The minimum absolute atomic E-state index is 0.0159. The van der Waals surface area contributed by atoms with Crippen LogP contribution >= 0.6 is 35.4 Å². The van der Waals surface area contributed by atoms with E-state index in [9.17, 15) is 13.2 Å². The third-order valence-corrected chi connectivity index (χ3v) is 4.77. The van der Waals surface area contributed by atoms with Gasteiger partial charge in [-0.05, 0) is 42.5 Å². The third-order valence-electron chi connectivity index (χ3n) is 3.70. The van der Waals surface area contributed by atoms with Crippen LogP contribution in [0.15, 0.2) is 54.6 Å². The number of halogens is 5. The third kappa shape index (κ3) is 4.76. The fraction of sp³-hybridized carbons (Fsp3) is 0.111. The van der Waals surface area contributed by atoms with Crippen molar-refractivity contribution >= 4 is 46.2 Å². The van der Waals surface area contributed by atoms with Crippen LogP contribution in [0.1, 0.15) is 11.4 Å². The quantitative estimate of drug-likeness (QED) is 0.507. The Labute approximate surface area is 174 Å². The highest BCUT2D eigenvalue weighted by Gasteiger charge is 2.35. The number of hydrogen-bond acceptors (Lipinski definition) is 2. The van der Waals surface area contributed by atoms with Gasteiger partial charge in [-0.2, -0.15) is 18.3 Å². The Hall–Kier alpha value is -2.29. The van der Waals surface area contributed by atoms with Crippen molar-refractivity contribution in [3.8, 4) is 5.69 Å². The van der Waals surface area contributed by atoms with Crippen LogP contribution in [-0.2, 0) is 12.7 Å². The van der Waals surface area contributed by atoms with E-state index in [0.717, 1.165) is 6.07 Å². The van der Waals surface area contributed by atoms with Crippen molar-refractivity contribution in [2.24, 2.45) is 0 Å². The molecule has 146 valence electrons. The van der Waals surface area contributed by atoms with Gasteiger partial charge < -0.3 is 10.6 Å². The molecular formula is C18H13Cl2F3N4S. The summed E-state index contributed by atoms with van der Waals surface area (Å²) in [7, 11) is 0. The average Bonchev–Trinajstić information content (AvgIpc) is 3.09. The number of anilines is 1. The summed E-state index contributed by atoms with van der Waals surface area (Å²) < 4.78 is 40.5. The molecule has 0 saturated heterocycles. The SMILES string of the molecule is FC(F)(F)c1cc(CNC(=S)Nc2cccc(Cl)c2Cl)n(-c2ccccc2)n1. The summed E-state index contributed by atoms with van der Waals surface area (Å²) in [5.41, 5.74) is 0.301. The summed E-state index contributed by atoms with van der Waals surface area (Å²) >= 11 is 17.2. The number of benzene rings is 2. The van der Waals surface area contributed by atoms with E-state index in [0.29, 0.717) is 27.1 Å². The topological polar surface area (TPSA) is 41.9 Å². The Morgan fingerprint density at radius 2 is 1.79 bits per heavy atom. The van der Waals surface area contributed by atoms with Crippen molar-refractivity contribution in [1.29, 1.82) is 0 Å². The molecule has 10 heteroatoms. The van der Waals surface area contributed by atoms with Crippen LogP contribution in [0, 0.1) is 0 Å². The number of aromatic nitrogens is 2. The molecule has 1 aromatic heterocycles. The van der Waals surface area contributed by atoms with Gasteiger partial charge in [-0.15, -0.1) is 0 Å². The zero-order valence-electron chi connectivity index (χ0n) is 14.1. The summed E-state index contributed by atoms with van der Waals surface area (Å²) in [6, 6.07) is 14.5. The van der Waals surface area contributed by atoms with E-state index in [4.69, 9.17) is 35.4 Å². The fourth-order valence-electron chi connectivity index (χ4n) is 2.41. The van der Waals surface area contributed by atoms with Crippen LogP contribution < -0.4 is 10.6 Å². The highest BCUT2D eigenvalue weighted by molar-refractivity contribution is 7.80. The summed E-state index contributed by atoms with van der Waals surface area (Å²) in [6.45, 7) is 0.0159. The van der Waals surface area contributed by atoms with Crippen molar-refractivity contribution in [2.45, 2.75) is 12.7 Å². The number of nitrogens with one attached hydrogen (secondary N) is 2. The molecule has 0 saturated carbocycles. The molecule has 0 bridgehead atoms. The number of alkyl halides is 3. The Morgan fingerprint density at radius 3 is 2.46 bits per heavy atom. The normalized spacial score (nSPS) is 11.3.